The van der Waals surface area contributed by atoms with Crippen LogP contribution in [0.15, 0.2) is 54.6 Å². The first kappa shape index (κ1) is 19.0. The Balaban J connectivity index is 1.64. The molecule has 0 radical (unpaired) electrons. The van der Waals surface area contributed by atoms with Crippen LogP contribution in [-0.4, -0.2) is 30.0 Å². The van der Waals surface area contributed by atoms with Crippen LogP contribution in [0.1, 0.15) is 48.0 Å². The van der Waals surface area contributed by atoms with Crippen LogP contribution >= 0.6 is 0 Å². The summed E-state index contributed by atoms with van der Waals surface area (Å²) in [7, 11) is 1.85. The molecular formula is C22H26N2O3. The smallest absolute Gasteiger partial charge is 0.411 e. The number of carbonyl (C=O) groups is 2. The number of carbonyl (C=O) groups excluding carboxylic acids is 2. The maximum atomic E-state index is 13.0. The van der Waals surface area contributed by atoms with Gasteiger partial charge in [-0.15, -0.1) is 0 Å². The van der Waals surface area contributed by atoms with E-state index in [-0.39, 0.29) is 18.6 Å². The molecule has 1 saturated carbocycles. The van der Waals surface area contributed by atoms with Crippen molar-refractivity contribution in [3.8, 4) is 0 Å². The molecule has 1 aliphatic carbocycles. The maximum absolute atomic E-state index is 13.0. The summed E-state index contributed by atoms with van der Waals surface area (Å²) in [6.07, 6.45) is 5.07. The Kier molecular flexibility index (Phi) is 6.47. The normalized spacial score (nSPS) is 14.4. The zero-order valence-corrected chi connectivity index (χ0v) is 15.7. The average molecular weight is 366 g/mol. The lowest BCUT2D eigenvalue weighted by molar-refractivity contribution is 0.0697. The molecule has 0 bridgehead atoms. The van der Waals surface area contributed by atoms with E-state index >= 15 is 0 Å². The first-order valence-corrected chi connectivity index (χ1v) is 9.49. The molecule has 0 heterocycles. The van der Waals surface area contributed by atoms with E-state index in [4.69, 9.17) is 4.74 Å². The minimum absolute atomic E-state index is 0.0686. The Labute approximate surface area is 160 Å². The number of ether oxygens (including phenoxy) is 1. The number of nitrogens with one attached hydrogen (secondary N) is 1. The van der Waals surface area contributed by atoms with Crippen LogP contribution in [0.2, 0.25) is 0 Å². The van der Waals surface area contributed by atoms with Gasteiger partial charge in [-0.05, 0) is 30.5 Å². The third-order valence-electron chi connectivity index (χ3n) is 5.05. The van der Waals surface area contributed by atoms with Gasteiger partial charge >= 0.3 is 6.09 Å². The Hall–Kier alpha value is -2.82. The van der Waals surface area contributed by atoms with Crippen LogP contribution in [0.5, 0.6) is 0 Å². The van der Waals surface area contributed by atoms with E-state index in [2.05, 4.69) is 5.32 Å². The molecule has 142 valence electrons. The average Bonchev–Trinajstić information content (AvgIpc) is 2.73. The lowest BCUT2D eigenvalue weighted by Crippen LogP contribution is -2.38. The van der Waals surface area contributed by atoms with Gasteiger partial charge in [0.2, 0.25) is 0 Å². The number of para-hydroxylation sites is 1. The molecular weight excluding hydrogens is 340 g/mol. The lowest BCUT2D eigenvalue weighted by atomic mass is 9.94. The monoisotopic (exact) mass is 366 g/mol. The van der Waals surface area contributed by atoms with Crippen LogP contribution < -0.4 is 5.32 Å². The van der Waals surface area contributed by atoms with E-state index in [0.717, 1.165) is 31.2 Å². The molecule has 3 rings (SSSR count). The van der Waals surface area contributed by atoms with Crippen molar-refractivity contribution in [3.05, 3.63) is 65.7 Å². The number of anilines is 1. The van der Waals surface area contributed by atoms with E-state index in [0.29, 0.717) is 11.3 Å². The van der Waals surface area contributed by atoms with Crippen molar-refractivity contribution >= 4 is 17.7 Å². The Bertz CT molecular complexity index is 770. The van der Waals surface area contributed by atoms with E-state index in [9.17, 15) is 9.59 Å². The molecule has 0 unspecified atom stereocenters. The summed E-state index contributed by atoms with van der Waals surface area (Å²) in [6, 6.07) is 16.8. The molecule has 1 aliphatic rings. The van der Waals surface area contributed by atoms with Gasteiger partial charge in [-0.2, -0.15) is 0 Å². The standard InChI is InChI=1S/C22H26N2O3/c1-24(18-12-6-3-7-13-18)21(25)19-14-8-9-15-20(19)23-22(26)27-16-17-10-4-2-5-11-17/h2,4-5,8-11,14-15,18H,3,6-7,12-13,16H2,1H3,(H,23,26). The molecule has 27 heavy (non-hydrogen) atoms. The van der Waals surface area contributed by atoms with Crippen LogP contribution in [-0.2, 0) is 11.3 Å². The fourth-order valence-corrected chi connectivity index (χ4v) is 3.47. The summed E-state index contributed by atoms with van der Waals surface area (Å²) in [5.74, 6) is -0.0686. The molecule has 0 aliphatic heterocycles. The molecule has 0 aromatic heterocycles. The minimum Gasteiger partial charge on any atom is -0.444 e. The van der Waals surface area contributed by atoms with Crippen molar-refractivity contribution in [3.63, 3.8) is 0 Å². The molecule has 2 amide bonds. The summed E-state index contributed by atoms with van der Waals surface area (Å²) < 4.78 is 5.27. The molecule has 2 aromatic carbocycles. The topological polar surface area (TPSA) is 58.6 Å². The van der Waals surface area contributed by atoms with Gasteiger partial charge in [0, 0.05) is 13.1 Å². The van der Waals surface area contributed by atoms with E-state index < -0.39 is 6.09 Å². The molecule has 5 nitrogen and oxygen atoms in total. The van der Waals surface area contributed by atoms with Crippen LogP contribution in [0.4, 0.5) is 10.5 Å². The Morgan fingerprint density at radius 1 is 1.00 bits per heavy atom. The van der Waals surface area contributed by atoms with Crippen molar-refractivity contribution in [1.82, 2.24) is 4.90 Å². The summed E-state index contributed by atoms with van der Waals surface area (Å²) in [6.45, 7) is 0.185. The largest absolute Gasteiger partial charge is 0.444 e. The van der Waals surface area contributed by atoms with E-state index in [1.54, 1.807) is 18.2 Å². The Morgan fingerprint density at radius 2 is 1.67 bits per heavy atom. The quantitative estimate of drug-likeness (QED) is 0.824. The molecule has 0 saturated heterocycles. The lowest BCUT2D eigenvalue weighted by Gasteiger charge is -2.31. The highest BCUT2D eigenvalue weighted by atomic mass is 16.5. The van der Waals surface area contributed by atoms with Crippen molar-refractivity contribution in [2.24, 2.45) is 0 Å². The number of amides is 2. The molecule has 2 aromatic rings. The highest BCUT2D eigenvalue weighted by molar-refractivity contribution is 6.02. The highest BCUT2D eigenvalue weighted by Gasteiger charge is 2.24. The zero-order chi connectivity index (χ0) is 19.1. The van der Waals surface area contributed by atoms with Crippen LogP contribution in [0, 0.1) is 0 Å². The van der Waals surface area contributed by atoms with Crippen LogP contribution in [0.25, 0.3) is 0 Å². The number of benzene rings is 2. The molecule has 1 N–H and O–H groups in total. The number of nitrogens with zero attached hydrogens (tertiary/aromatic N) is 1. The van der Waals surface area contributed by atoms with Gasteiger partial charge in [-0.3, -0.25) is 10.1 Å². The van der Waals surface area contributed by atoms with Crippen molar-refractivity contribution < 1.29 is 14.3 Å². The van der Waals surface area contributed by atoms with E-state index in [1.807, 2.05) is 48.3 Å². The number of rotatable bonds is 5. The van der Waals surface area contributed by atoms with Gasteiger partial charge in [-0.25, -0.2) is 4.79 Å². The first-order chi connectivity index (χ1) is 13.1. The second kappa shape index (κ2) is 9.21. The number of hydrogen-bond donors (Lipinski definition) is 1. The fourth-order valence-electron chi connectivity index (χ4n) is 3.47. The molecule has 5 heteroatoms. The minimum atomic E-state index is -0.570. The zero-order valence-electron chi connectivity index (χ0n) is 15.7. The SMILES string of the molecule is CN(C(=O)c1ccccc1NC(=O)OCc1ccccc1)C1CCCCC1. The van der Waals surface area contributed by atoms with Gasteiger partial charge in [0.25, 0.3) is 5.91 Å². The highest BCUT2D eigenvalue weighted by Crippen LogP contribution is 2.25. The molecule has 0 spiro atoms. The maximum Gasteiger partial charge on any atom is 0.411 e. The first-order valence-electron chi connectivity index (χ1n) is 9.49. The fraction of sp³-hybridized carbons (Fsp3) is 0.364. The Morgan fingerprint density at radius 3 is 2.41 bits per heavy atom. The summed E-state index contributed by atoms with van der Waals surface area (Å²) in [4.78, 5) is 26.9. The van der Waals surface area contributed by atoms with Crippen molar-refractivity contribution in [2.45, 2.75) is 44.8 Å². The molecule has 1 fully saturated rings. The van der Waals surface area contributed by atoms with Gasteiger partial charge in [0.05, 0.1) is 11.3 Å². The summed E-state index contributed by atoms with van der Waals surface area (Å²) in [5.41, 5.74) is 1.87. The predicted octanol–water partition coefficient (Wildman–Crippen LogP) is 4.84. The predicted molar refractivity (Wildman–Crippen MR) is 106 cm³/mol. The van der Waals surface area contributed by atoms with Gasteiger partial charge in [0.1, 0.15) is 6.61 Å². The van der Waals surface area contributed by atoms with Crippen molar-refractivity contribution in [2.75, 3.05) is 12.4 Å². The second-order valence-corrected chi connectivity index (χ2v) is 6.94. The van der Waals surface area contributed by atoms with Gasteiger partial charge in [0.15, 0.2) is 0 Å². The summed E-state index contributed by atoms with van der Waals surface area (Å²) in [5, 5.41) is 2.71. The van der Waals surface area contributed by atoms with Crippen LogP contribution in [0.3, 0.4) is 0 Å². The summed E-state index contributed by atoms with van der Waals surface area (Å²) >= 11 is 0. The van der Waals surface area contributed by atoms with Gasteiger partial charge in [-0.1, -0.05) is 61.7 Å². The third-order valence-corrected chi connectivity index (χ3v) is 5.05. The third kappa shape index (κ3) is 5.09. The second-order valence-electron chi connectivity index (χ2n) is 6.94. The van der Waals surface area contributed by atoms with Crippen molar-refractivity contribution in [1.29, 1.82) is 0 Å². The van der Waals surface area contributed by atoms with E-state index in [1.165, 1.54) is 6.42 Å². The number of hydrogen-bond acceptors (Lipinski definition) is 3. The molecule has 0 atom stereocenters. The van der Waals surface area contributed by atoms with Gasteiger partial charge < -0.3 is 9.64 Å².